The summed E-state index contributed by atoms with van der Waals surface area (Å²) in [6.07, 6.45) is 2.85. The molecule has 0 spiro atoms. The molecule has 5 rings (SSSR count). The molecule has 164 valence electrons. The molecular weight excluding hydrogens is 403 g/mol. The number of hydrogen-bond donors (Lipinski definition) is 0. The van der Waals surface area contributed by atoms with Crippen molar-refractivity contribution < 1.29 is 23.6 Å². The fourth-order valence-electron chi connectivity index (χ4n) is 5.73. The number of esters is 1. The van der Waals surface area contributed by atoms with Crippen LogP contribution in [0.3, 0.4) is 0 Å². The Morgan fingerprint density at radius 1 is 1.27 bits per heavy atom. The Hall–Kier alpha value is -1.24. The lowest BCUT2D eigenvalue weighted by molar-refractivity contribution is -0.199. The van der Waals surface area contributed by atoms with E-state index in [-0.39, 0.29) is 24.4 Å². The van der Waals surface area contributed by atoms with Gasteiger partial charge in [-0.05, 0) is 69.4 Å². The van der Waals surface area contributed by atoms with Gasteiger partial charge in [-0.25, -0.2) is 4.79 Å². The van der Waals surface area contributed by atoms with Gasteiger partial charge in [-0.2, -0.15) is 0 Å². The largest absolute Gasteiger partial charge is 0.496 e. The van der Waals surface area contributed by atoms with Gasteiger partial charge >= 0.3 is 13.1 Å². The van der Waals surface area contributed by atoms with Crippen LogP contribution in [-0.4, -0.2) is 37.5 Å². The molecule has 1 heterocycles. The molecule has 1 aromatic carbocycles. The third-order valence-corrected chi connectivity index (χ3v) is 7.70. The number of carbonyl (C=O) groups is 1. The molecule has 1 saturated heterocycles. The molecule has 0 unspecified atom stereocenters. The molecule has 2 bridgehead atoms. The standard InChI is InChI=1S/C23H32BClO5/c1-21(2,3)28-20(26)18-15(25)9-8-13(19(18)27-7)12-24-29-17-11-14-10-16(22(14,4)5)23(17,6)30-24/h8-9,14,16-17H,10-12H2,1-7H3/t14-,16-,17+,23-/m0/s1. The zero-order chi connectivity index (χ0) is 22.1. The summed E-state index contributed by atoms with van der Waals surface area (Å²) in [7, 11) is 1.16. The Kier molecular flexibility index (Phi) is 5.23. The maximum absolute atomic E-state index is 12.8. The minimum atomic E-state index is -0.628. The van der Waals surface area contributed by atoms with Crippen molar-refractivity contribution in [1.82, 2.24) is 0 Å². The van der Waals surface area contributed by atoms with Crippen LogP contribution >= 0.6 is 11.6 Å². The van der Waals surface area contributed by atoms with E-state index in [1.807, 2.05) is 26.8 Å². The van der Waals surface area contributed by atoms with Gasteiger partial charge in [-0.15, -0.1) is 0 Å². The first-order valence-corrected chi connectivity index (χ1v) is 11.2. The van der Waals surface area contributed by atoms with Crippen LogP contribution in [0.15, 0.2) is 12.1 Å². The third kappa shape index (κ3) is 3.45. The van der Waals surface area contributed by atoms with Crippen LogP contribution in [0.4, 0.5) is 0 Å². The fourth-order valence-corrected chi connectivity index (χ4v) is 5.96. The maximum atomic E-state index is 12.8. The summed E-state index contributed by atoms with van der Waals surface area (Å²) in [5.41, 5.74) is 0.469. The van der Waals surface area contributed by atoms with Gasteiger partial charge in [-0.3, -0.25) is 0 Å². The predicted molar refractivity (Wildman–Crippen MR) is 117 cm³/mol. The fraction of sp³-hybridized carbons (Fsp3) is 0.696. The molecule has 4 aliphatic rings. The molecule has 0 N–H and O–H groups in total. The van der Waals surface area contributed by atoms with E-state index in [9.17, 15) is 4.79 Å². The van der Waals surface area contributed by atoms with E-state index < -0.39 is 11.6 Å². The van der Waals surface area contributed by atoms with Crippen LogP contribution < -0.4 is 4.74 Å². The van der Waals surface area contributed by atoms with Crippen molar-refractivity contribution in [3.8, 4) is 5.75 Å². The van der Waals surface area contributed by atoms with Crippen molar-refractivity contribution in [1.29, 1.82) is 0 Å². The number of benzene rings is 1. The van der Waals surface area contributed by atoms with Crippen molar-refractivity contribution in [2.75, 3.05) is 7.11 Å². The van der Waals surface area contributed by atoms with Crippen molar-refractivity contribution in [3.63, 3.8) is 0 Å². The predicted octanol–water partition coefficient (Wildman–Crippen LogP) is 5.11. The minimum Gasteiger partial charge on any atom is -0.496 e. The van der Waals surface area contributed by atoms with Crippen molar-refractivity contribution in [2.24, 2.45) is 17.3 Å². The van der Waals surface area contributed by atoms with Crippen LogP contribution in [0.5, 0.6) is 5.75 Å². The number of ether oxygens (including phenoxy) is 2. The second-order valence-electron chi connectivity index (χ2n) is 10.7. The van der Waals surface area contributed by atoms with Gasteiger partial charge in [0, 0.05) is 6.32 Å². The van der Waals surface area contributed by atoms with Crippen molar-refractivity contribution >= 4 is 24.7 Å². The Labute approximate surface area is 184 Å². The van der Waals surface area contributed by atoms with E-state index in [1.54, 1.807) is 6.07 Å². The molecule has 3 saturated carbocycles. The lowest BCUT2D eigenvalue weighted by atomic mass is 9.43. The zero-order valence-corrected chi connectivity index (χ0v) is 19.8. The highest BCUT2D eigenvalue weighted by Crippen LogP contribution is 2.65. The highest BCUT2D eigenvalue weighted by molar-refractivity contribution is 6.45. The van der Waals surface area contributed by atoms with E-state index in [4.69, 9.17) is 30.4 Å². The van der Waals surface area contributed by atoms with E-state index in [0.29, 0.717) is 34.3 Å². The summed E-state index contributed by atoms with van der Waals surface area (Å²) in [5.74, 6) is 1.13. The van der Waals surface area contributed by atoms with Gasteiger partial charge in [0.1, 0.15) is 16.9 Å². The Morgan fingerprint density at radius 2 is 1.97 bits per heavy atom. The van der Waals surface area contributed by atoms with E-state index in [0.717, 1.165) is 12.0 Å². The monoisotopic (exact) mass is 434 g/mol. The van der Waals surface area contributed by atoms with Crippen LogP contribution in [0.1, 0.15) is 70.3 Å². The van der Waals surface area contributed by atoms with E-state index in [2.05, 4.69) is 20.8 Å². The average molecular weight is 435 g/mol. The van der Waals surface area contributed by atoms with E-state index >= 15 is 0 Å². The molecule has 30 heavy (non-hydrogen) atoms. The summed E-state index contributed by atoms with van der Waals surface area (Å²) < 4.78 is 24.0. The second-order valence-corrected chi connectivity index (χ2v) is 11.1. The van der Waals surface area contributed by atoms with Crippen molar-refractivity contribution in [2.45, 2.75) is 78.0 Å². The van der Waals surface area contributed by atoms with Crippen LogP contribution in [0, 0.1) is 17.3 Å². The molecule has 1 aliphatic heterocycles. The minimum absolute atomic E-state index is 0.114. The van der Waals surface area contributed by atoms with Gasteiger partial charge in [0.15, 0.2) is 0 Å². The van der Waals surface area contributed by atoms with Gasteiger partial charge in [-0.1, -0.05) is 31.5 Å². The quantitative estimate of drug-likeness (QED) is 0.486. The lowest BCUT2D eigenvalue weighted by Crippen LogP contribution is -2.65. The Balaban J connectivity index is 1.57. The first-order valence-electron chi connectivity index (χ1n) is 10.8. The summed E-state index contributed by atoms with van der Waals surface area (Å²) in [6.45, 7) is 12.4. The number of carbonyl (C=O) groups excluding carboxylic acids is 1. The highest BCUT2D eigenvalue weighted by atomic mass is 35.5. The molecule has 0 radical (unpaired) electrons. The first kappa shape index (κ1) is 22.0. The molecule has 0 amide bonds. The number of halogens is 1. The van der Waals surface area contributed by atoms with Crippen LogP contribution in [0.2, 0.25) is 5.02 Å². The van der Waals surface area contributed by atoms with Gasteiger partial charge < -0.3 is 18.8 Å². The first-order chi connectivity index (χ1) is 13.9. The number of hydrogen-bond acceptors (Lipinski definition) is 5. The normalized spacial score (nSPS) is 31.7. The molecule has 3 aliphatic carbocycles. The molecular formula is C23H32BClO5. The Bertz CT molecular complexity index is 864. The summed E-state index contributed by atoms with van der Waals surface area (Å²) in [5, 5.41) is 0.307. The molecule has 1 aromatic rings. The van der Waals surface area contributed by atoms with E-state index in [1.165, 1.54) is 13.5 Å². The highest BCUT2D eigenvalue weighted by Gasteiger charge is 2.67. The molecule has 5 nitrogen and oxygen atoms in total. The number of methoxy groups -OCH3 is 1. The zero-order valence-electron chi connectivity index (χ0n) is 19.0. The summed E-state index contributed by atoms with van der Waals surface area (Å²) >= 11 is 6.35. The van der Waals surface area contributed by atoms with Crippen LogP contribution in [0.25, 0.3) is 0 Å². The van der Waals surface area contributed by atoms with Gasteiger partial charge in [0.25, 0.3) is 0 Å². The SMILES string of the molecule is COc1c(CB2O[C@@H]3C[C@@H]4C[C@@H](C4(C)C)[C@]3(C)O2)ccc(Cl)c1C(=O)OC(C)(C)C. The summed E-state index contributed by atoms with van der Waals surface area (Å²) in [6, 6.07) is 3.58. The maximum Gasteiger partial charge on any atom is 0.462 e. The molecule has 7 heteroatoms. The van der Waals surface area contributed by atoms with Gasteiger partial charge in [0.2, 0.25) is 0 Å². The second kappa shape index (κ2) is 7.14. The summed E-state index contributed by atoms with van der Waals surface area (Å²) in [4.78, 5) is 12.8. The average Bonchev–Trinajstić information content (AvgIpc) is 2.96. The van der Waals surface area contributed by atoms with Crippen LogP contribution in [-0.2, 0) is 20.4 Å². The smallest absolute Gasteiger partial charge is 0.462 e. The molecule has 4 atom stereocenters. The third-order valence-electron chi connectivity index (χ3n) is 7.38. The van der Waals surface area contributed by atoms with Crippen molar-refractivity contribution in [3.05, 3.63) is 28.3 Å². The number of rotatable bonds is 4. The van der Waals surface area contributed by atoms with Gasteiger partial charge in [0.05, 0.1) is 23.8 Å². The lowest BCUT2D eigenvalue weighted by Gasteiger charge is -2.64. The molecule has 4 fully saturated rings. The topological polar surface area (TPSA) is 54.0 Å². The Morgan fingerprint density at radius 3 is 2.57 bits per heavy atom. The molecule has 0 aromatic heterocycles.